The molecule has 2 amide bonds. The molecule has 8 rings (SSSR count). The molecule has 56 heavy (non-hydrogen) atoms. The van der Waals surface area contributed by atoms with Gasteiger partial charge in [0.15, 0.2) is 11.6 Å². The Kier molecular flexibility index (Phi) is 11.5. The summed E-state index contributed by atoms with van der Waals surface area (Å²) in [7, 11) is 3.03. The van der Waals surface area contributed by atoms with Crippen LogP contribution in [-0.2, 0) is 9.47 Å². The summed E-state index contributed by atoms with van der Waals surface area (Å²) in [6, 6.07) is 21.2. The quantitative estimate of drug-likeness (QED) is 0.149. The average Bonchev–Trinajstić information content (AvgIpc) is 3.80. The van der Waals surface area contributed by atoms with Crippen LogP contribution in [0.3, 0.4) is 0 Å². The zero-order valence-electron chi connectivity index (χ0n) is 32.0. The summed E-state index contributed by atoms with van der Waals surface area (Å²) in [5.74, 6) is 1.86. The first-order chi connectivity index (χ1) is 27.0. The summed E-state index contributed by atoms with van der Waals surface area (Å²) in [5.41, 5.74) is 4.96. The van der Waals surface area contributed by atoms with Crippen molar-refractivity contribution in [1.82, 2.24) is 20.6 Å². The number of hydrogen-bond donors (Lipinski definition) is 4. The van der Waals surface area contributed by atoms with E-state index in [1.54, 1.807) is 12.1 Å². The number of aliphatic hydroxyl groups is 2. The van der Waals surface area contributed by atoms with Crippen LogP contribution in [0.5, 0.6) is 0 Å². The average molecular weight is 761 g/mol. The summed E-state index contributed by atoms with van der Waals surface area (Å²) in [6.45, 7) is 6.75. The van der Waals surface area contributed by atoms with Crippen molar-refractivity contribution >= 4 is 23.4 Å². The fourth-order valence-electron chi connectivity index (χ4n) is 8.29. The van der Waals surface area contributed by atoms with E-state index in [0.717, 1.165) is 37.6 Å². The molecule has 4 N–H and O–H groups in total. The van der Waals surface area contributed by atoms with Gasteiger partial charge in [-0.1, -0.05) is 48.5 Å². The molecule has 4 aliphatic rings. The van der Waals surface area contributed by atoms with Crippen LogP contribution in [0.4, 0.5) is 0 Å². The molecule has 292 valence electrons. The first-order valence-corrected chi connectivity index (χ1v) is 19.2. The fourth-order valence-corrected chi connectivity index (χ4v) is 8.29. The van der Waals surface area contributed by atoms with E-state index in [1.807, 2.05) is 62.4 Å². The number of nitrogens with zero attached hydrogens (tertiary/aromatic N) is 2. The van der Waals surface area contributed by atoms with Crippen molar-refractivity contribution in [3.63, 3.8) is 0 Å². The van der Waals surface area contributed by atoms with Crippen LogP contribution in [0.1, 0.15) is 100 Å². The van der Waals surface area contributed by atoms with Crippen LogP contribution in [-0.4, -0.2) is 84.1 Å². The zero-order chi connectivity index (χ0) is 39.7. The smallest absolute Gasteiger partial charge is 0.269 e. The predicted octanol–water partition coefficient (Wildman–Crippen LogP) is 4.59. The van der Waals surface area contributed by atoms with Crippen molar-refractivity contribution in [2.75, 3.05) is 40.5 Å². The fraction of sp³-hybridized carbons (Fsp3) is 0.409. The van der Waals surface area contributed by atoms with Gasteiger partial charge >= 0.3 is 0 Å². The van der Waals surface area contributed by atoms with Crippen LogP contribution in [0.2, 0.25) is 0 Å². The van der Waals surface area contributed by atoms with Gasteiger partial charge in [0.25, 0.3) is 11.8 Å². The Bertz CT molecular complexity index is 1980. The number of nitrogens with one attached hydrogen (secondary N) is 2. The lowest BCUT2D eigenvalue weighted by molar-refractivity contribution is 0.0936. The van der Waals surface area contributed by atoms with E-state index in [2.05, 4.69) is 20.6 Å². The maximum Gasteiger partial charge on any atom is 0.269 e. The third-order valence-corrected chi connectivity index (χ3v) is 11.9. The predicted molar refractivity (Wildman–Crippen MR) is 206 cm³/mol. The first-order valence-electron chi connectivity index (χ1n) is 19.2. The second-order valence-corrected chi connectivity index (χ2v) is 15.3. The van der Waals surface area contributed by atoms with Gasteiger partial charge in [0.05, 0.1) is 37.8 Å². The van der Waals surface area contributed by atoms with Gasteiger partial charge in [-0.05, 0) is 95.9 Å². The minimum atomic E-state index is -1.01. The van der Waals surface area contributed by atoms with Gasteiger partial charge in [0.2, 0.25) is 0 Å². The number of hydrogen-bond acceptors (Lipinski definition) is 10. The molecule has 2 aliphatic heterocycles. The van der Waals surface area contributed by atoms with Gasteiger partial charge in [-0.3, -0.25) is 19.2 Å². The largest absolute Gasteiger partial charge is 0.382 e. The Morgan fingerprint density at radius 2 is 0.982 bits per heavy atom. The standard InChI is InChI=1S/2C22H24N2O4/c2*1-12-5-3-4-6-14(12)21(26)18-7-13(8-19(24-18)22(27)23-2)20(25)9-15-16-10-28-11-17(15)16/h2*3-8,15-17,21,26H,9-11H2,1-2H3,(H,23,27)/t2*15?,16-,17+,21-/m10/s1. The van der Waals surface area contributed by atoms with E-state index < -0.39 is 12.2 Å². The molecule has 2 aliphatic carbocycles. The number of aryl methyl sites for hydroxylation is 2. The number of pyridine rings is 2. The number of Topliss-reactive ketones (excluding diaryl/α,β-unsaturated/α-hetero) is 2. The Morgan fingerprint density at radius 3 is 1.32 bits per heavy atom. The highest BCUT2D eigenvalue weighted by atomic mass is 16.5. The third-order valence-electron chi connectivity index (χ3n) is 11.9. The highest BCUT2D eigenvalue weighted by Gasteiger charge is 2.55. The number of ether oxygens (including phenoxy) is 2. The lowest BCUT2D eigenvalue weighted by Gasteiger charge is -2.15. The third kappa shape index (κ3) is 8.20. The zero-order valence-corrected chi connectivity index (χ0v) is 32.0. The summed E-state index contributed by atoms with van der Waals surface area (Å²) in [4.78, 5) is 58.8. The molecule has 4 heterocycles. The molecule has 0 radical (unpaired) electrons. The number of aromatic nitrogens is 2. The van der Waals surface area contributed by atoms with Gasteiger partial charge in [0, 0.05) is 38.1 Å². The summed E-state index contributed by atoms with van der Waals surface area (Å²) in [5, 5.41) is 26.8. The molecule has 0 bridgehead atoms. The van der Waals surface area contributed by atoms with E-state index in [9.17, 15) is 29.4 Å². The topological polar surface area (TPSA) is 177 Å². The molecular weight excluding hydrogens is 713 g/mol. The molecule has 8 atom stereocenters. The van der Waals surface area contributed by atoms with Gasteiger partial charge in [0.1, 0.15) is 23.6 Å². The van der Waals surface area contributed by atoms with Crippen LogP contribution >= 0.6 is 0 Å². The van der Waals surface area contributed by atoms with Crippen molar-refractivity contribution in [3.05, 3.63) is 129 Å². The molecule has 2 saturated carbocycles. The normalized spacial score (nSPS) is 23.8. The number of aliphatic hydroxyl groups excluding tert-OH is 2. The van der Waals surface area contributed by atoms with Gasteiger partial charge < -0.3 is 30.3 Å². The number of fused-ring (bicyclic) bond motifs is 2. The van der Waals surface area contributed by atoms with Gasteiger partial charge in [-0.2, -0.15) is 0 Å². The molecule has 4 fully saturated rings. The molecule has 4 aromatic rings. The molecule has 12 heteroatoms. The maximum absolute atomic E-state index is 12.9. The van der Waals surface area contributed by atoms with Gasteiger partial charge in [-0.15, -0.1) is 0 Å². The minimum absolute atomic E-state index is 0.0230. The van der Waals surface area contributed by atoms with Crippen molar-refractivity contribution in [1.29, 1.82) is 0 Å². The number of ketones is 2. The highest BCUT2D eigenvalue weighted by molar-refractivity contribution is 6.01. The van der Waals surface area contributed by atoms with Crippen LogP contribution in [0.15, 0.2) is 72.8 Å². The minimum Gasteiger partial charge on any atom is -0.382 e. The maximum atomic E-state index is 12.9. The molecule has 2 aromatic carbocycles. The Morgan fingerprint density at radius 1 is 0.625 bits per heavy atom. The van der Waals surface area contributed by atoms with E-state index in [0.29, 0.717) is 82.0 Å². The lowest BCUT2D eigenvalue weighted by atomic mass is 9.97. The summed E-state index contributed by atoms with van der Waals surface area (Å²) >= 11 is 0. The highest BCUT2D eigenvalue weighted by Crippen LogP contribution is 2.53. The molecule has 2 saturated heterocycles. The SMILES string of the molecule is CNC(=O)c1cc(C(=O)CC2[C@H]3COC[C@@H]23)cc([C@@H](O)c2ccccc2C)n1.CNC(=O)c1cc(C(=O)CC2[C@H]3COC[C@@H]23)cc([C@H](O)c2ccccc2C)n1. The first kappa shape index (κ1) is 39.1. The van der Waals surface area contributed by atoms with E-state index in [1.165, 1.54) is 26.2 Å². The molecular formula is C44H48N4O8. The molecule has 12 nitrogen and oxygen atoms in total. The lowest BCUT2D eigenvalue weighted by Crippen LogP contribution is -2.21. The van der Waals surface area contributed by atoms with E-state index >= 15 is 0 Å². The van der Waals surface area contributed by atoms with Crippen molar-refractivity contribution in [2.24, 2.45) is 35.5 Å². The number of rotatable bonds is 12. The number of benzene rings is 2. The molecule has 2 unspecified atom stereocenters. The monoisotopic (exact) mass is 760 g/mol. The van der Waals surface area contributed by atoms with Crippen LogP contribution in [0, 0.1) is 49.4 Å². The summed E-state index contributed by atoms with van der Waals surface area (Å²) in [6.07, 6.45) is -1.14. The van der Waals surface area contributed by atoms with E-state index in [4.69, 9.17) is 9.47 Å². The van der Waals surface area contributed by atoms with E-state index in [-0.39, 0.29) is 34.8 Å². The van der Waals surface area contributed by atoms with Crippen molar-refractivity contribution in [3.8, 4) is 0 Å². The van der Waals surface area contributed by atoms with Crippen LogP contribution < -0.4 is 10.6 Å². The van der Waals surface area contributed by atoms with Crippen molar-refractivity contribution < 1.29 is 38.9 Å². The number of amides is 2. The Hall–Kier alpha value is -5.14. The number of carbonyl (C=O) groups is 4. The molecule has 0 spiro atoms. The van der Waals surface area contributed by atoms with Crippen molar-refractivity contribution in [2.45, 2.75) is 38.9 Å². The van der Waals surface area contributed by atoms with Gasteiger partial charge in [-0.25, -0.2) is 9.97 Å². The number of carbonyl (C=O) groups excluding carboxylic acids is 4. The molecule has 2 aromatic heterocycles. The summed E-state index contributed by atoms with van der Waals surface area (Å²) < 4.78 is 10.8. The van der Waals surface area contributed by atoms with Crippen LogP contribution in [0.25, 0.3) is 0 Å². The Balaban J connectivity index is 0.000000172. The Labute approximate surface area is 326 Å². The second-order valence-electron chi connectivity index (χ2n) is 15.3. The second kappa shape index (κ2) is 16.5.